The van der Waals surface area contributed by atoms with Crippen molar-refractivity contribution in [2.24, 2.45) is 0 Å². The van der Waals surface area contributed by atoms with E-state index in [0.29, 0.717) is 0 Å². The molecular formula is C18H20NO. The summed E-state index contributed by atoms with van der Waals surface area (Å²) in [6, 6.07) is 20.2. The lowest BCUT2D eigenvalue weighted by atomic mass is 9.89. The van der Waals surface area contributed by atoms with Crippen molar-refractivity contribution in [2.75, 3.05) is 0 Å². The molecule has 0 aliphatic carbocycles. The van der Waals surface area contributed by atoms with Crippen LogP contribution in [0.5, 0.6) is 0 Å². The second-order valence-electron chi connectivity index (χ2n) is 6.07. The molecule has 2 heteroatoms. The number of hydrogen-bond donors (Lipinski definition) is 0. The van der Waals surface area contributed by atoms with Gasteiger partial charge in [-0.15, -0.1) is 10.3 Å². The van der Waals surface area contributed by atoms with Crippen LogP contribution < -0.4 is 0 Å². The number of rotatable bonds is 2. The van der Waals surface area contributed by atoms with E-state index in [-0.39, 0.29) is 0 Å². The van der Waals surface area contributed by atoms with Crippen LogP contribution in [0, 0.1) is 0 Å². The standard InChI is InChI=1S/C18H20NO/c1-17(15-9-5-3-6-10-15)13-14-18(2,19(17)20)16-11-7-4-8-12-16/h3-12H,13-14H2,1-2H3/t17-,18-/m0/s1. The molecule has 103 valence electrons. The summed E-state index contributed by atoms with van der Waals surface area (Å²) in [7, 11) is 0. The van der Waals surface area contributed by atoms with Crippen LogP contribution >= 0.6 is 0 Å². The molecule has 1 radical (unpaired) electrons. The molecule has 2 aromatic rings. The molecule has 1 aliphatic rings. The monoisotopic (exact) mass is 266 g/mol. The topological polar surface area (TPSA) is 23.1 Å². The third kappa shape index (κ3) is 1.88. The maximum absolute atomic E-state index is 13.1. The Hall–Kier alpha value is -1.64. The third-order valence-corrected chi connectivity index (χ3v) is 4.79. The van der Waals surface area contributed by atoms with Crippen molar-refractivity contribution in [3.8, 4) is 0 Å². The molecule has 1 saturated heterocycles. The average molecular weight is 266 g/mol. The van der Waals surface area contributed by atoms with E-state index in [1.165, 1.54) is 5.06 Å². The molecule has 0 amide bonds. The molecule has 3 rings (SSSR count). The van der Waals surface area contributed by atoms with Crippen LogP contribution in [0.15, 0.2) is 60.7 Å². The zero-order valence-electron chi connectivity index (χ0n) is 12.0. The van der Waals surface area contributed by atoms with Crippen LogP contribution in [0.3, 0.4) is 0 Å². The summed E-state index contributed by atoms with van der Waals surface area (Å²) in [4.78, 5) is 0. The van der Waals surface area contributed by atoms with Gasteiger partial charge < -0.3 is 0 Å². The highest BCUT2D eigenvalue weighted by atomic mass is 16.5. The minimum absolute atomic E-state index is 0.439. The highest BCUT2D eigenvalue weighted by Gasteiger charge is 2.52. The Labute approximate surface area is 120 Å². The van der Waals surface area contributed by atoms with Gasteiger partial charge in [-0.3, -0.25) is 0 Å². The van der Waals surface area contributed by atoms with Crippen LogP contribution in [-0.2, 0) is 16.3 Å². The Balaban J connectivity index is 2.01. The molecule has 20 heavy (non-hydrogen) atoms. The third-order valence-electron chi connectivity index (χ3n) is 4.79. The Morgan fingerprint density at radius 3 is 1.45 bits per heavy atom. The molecule has 1 heterocycles. The van der Waals surface area contributed by atoms with Crippen molar-refractivity contribution < 1.29 is 5.21 Å². The van der Waals surface area contributed by atoms with Gasteiger partial charge in [-0.2, -0.15) is 0 Å². The predicted molar refractivity (Wildman–Crippen MR) is 79.3 cm³/mol. The summed E-state index contributed by atoms with van der Waals surface area (Å²) >= 11 is 0. The normalized spacial score (nSPS) is 30.6. The van der Waals surface area contributed by atoms with Gasteiger partial charge >= 0.3 is 0 Å². The first-order valence-electron chi connectivity index (χ1n) is 7.16. The van der Waals surface area contributed by atoms with E-state index in [1.807, 2.05) is 36.4 Å². The van der Waals surface area contributed by atoms with Crippen molar-refractivity contribution >= 4 is 0 Å². The second-order valence-corrected chi connectivity index (χ2v) is 6.07. The van der Waals surface area contributed by atoms with Crippen LogP contribution in [0.25, 0.3) is 0 Å². The SMILES string of the molecule is C[C@@]1(c2ccccc2)CC[C@@](C)(c2ccccc2)N1[O]. The first kappa shape index (κ1) is 13.3. The molecule has 0 spiro atoms. The van der Waals surface area contributed by atoms with Crippen LogP contribution in [0.1, 0.15) is 37.8 Å². The van der Waals surface area contributed by atoms with E-state index in [1.54, 1.807) is 0 Å². The lowest BCUT2D eigenvalue weighted by Crippen LogP contribution is -2.44. The van der Waals surface area contributed by atoms with E-state index in [0.717, 1.165) is 24.0 Å². The van der Waals surface area contributed by atoms with Gasteiger partial charge in [0, 0.05) is 0 Å². The minimum Gasteiger partial charge on any atom is -0.135 e. The highest BCUT2D eigenvalue weighted by molar-refractivity contribution is 5.31. The van der Waals surface area contributed by atoms with Crippen molar-refractivity contribution in [1.82, 2.24) is 5.06 Å². The van der Waals surface area contributed by atoms with Gasteiger partial charge in [0.25, 0.3) is 0 Å². The van der Waals surface area contributed by atoms with Gasteiger partial charge in [0.15, 0.2) is 0 Å². The van der Waals surface area contributed by atoms with Gasteiger partial charge in [-0.25, -0.2) is 0 Å². The zero-order valence-corrected chi connectivity index (χ0v) is 12.0. The Bertz CT molecular complexity index is 529. The molecule has 0 unspecified atom stereocenters. The van der Waals surface area contributed by atoms with E-state index in [4.69, 9.17) is 0 Å². The number of benzene rings is 2. The second kappa shape index (κ2) is 4.72. The van der Waals surface area contributed by atoms with Gasteiger partial charge in [0.05, 0.1) is 11.1 Å². The Morgan fingerprint density at radius 2 is 1.10 bits per heavy atom. The zero-order chi connectivity index (χ0) is 14.2. The fourth-order valence-electron chi connectivity index (χ4n) is 3.35. The molecule has 2 aromatic carbocycles. The van der Waals surface area contributed by atoms with Crippen molar-refractivity contribution in [3.63, 3.8) is 0 Å². The molecule has 2 nitrogen and oxygen atoms in total. The first-order valence-corrected chi connectivity index (χ1v) is 7.16. The van der Waals surface area contributed by atoms with E-state index in [2.05, 4.69) is 38.1 Å². The van der Waals surface area contributed by atoms with Crippen molar-refractivity contribution in [1.29, 1.82) is 0 Å². The minimum atomic E-state index is -0.439. The number of nitrogens with zero attached hydrogens (tertiary/aromatic N) is 1. The number of hydroxylamine groups is 2. The maximum Gasteiger partial charge on any atom is 0.0724 e. The van der Waals surface area contributed by atoms with Crippen LogP contribution in [0.2, 0.25) is 0 Å². The van der Waals surface area contributed by atoms with Gasteiger partial charge in [-0.05, 0) is 37.8 Å². The van der Waals surface area contributed by atoms with Crippen LogP contribution in [0.4, 0.5) is 0 Å². The van der Waals surface area contributed by atoms with Gasteiger partial charge in [0.1, 0.15) is 0 Å². The summed E-state index contributed by atoms with van der Waals surface area (Å²) < 4.78 is 0. The molecule has 0 N–H and O–H groups in total. The van der Waals surface area contributed by atoms with Crippen molar-refractivity contribution in [2.45, 2.75) is 37.8 Å². The summed E-state index contributed by atoms with van der Waals surface area (Å²) in [5, 5.41) is 14.4. The van der Waals surface area contributed by atoms with Gasteiger partial charge in [0.2, 0.25) is 0 Å². The highest BCUT2D eigenvalue weighted by Crippen LogP contribution is 2.50. The summed E-state index contributed by atoms with van der Waals surface area (Å²) in [5.74, 6) is 0. The molecule has 0 bridgehead atoms. The quantitative estimate of drug-likeness (QED) is 0.796. The molecule has 0 saturated carbocycles. The van der Waals surface area contributed by atoms with E-state index < -0.39 is 11.1 Å². The molecule has 1 fully saturated rings. The summed E-state index contributed by atoms with van der Waals surface area (Å²) in [6.07, 6.45) is 1.76. The molecular weight excluding hydrogens is 246 g/mol. The molecule has 1 aliphatic heterocycles. The molecule has 2 atom stereocenters. The average Bonchev–Trinajstić information content (AvgIpc) is 2.76. The lowest BCUT2D eigenvalue weighted by molar-refractivity contribution is -0.260. The summed E-state index contributed by atoms with van der Waals surface area (Å²) in [6.45, 7) is 4.12. The van der Waals surface area contributed by atoms with E-state index in [9.17, 15) is 5.21 Å². The number of hydrogen-bond acceptors (Lipinski definition) is 1. The Kier molecular flexibility index (Phi) is 3.15. The van der Waals surface area contributed by atoms with Crippen molar-refractivity contribution in [3.05, 3.63) is 71.8 Å². The van der Waals surface area contributed by atoms with Gasteiger partial charge in [-0.1, -0.05) is 60.7 Å². The summed E-state index contributed by atoms with van der Waals surface area (Å²) in [5.41, 5.74) is 1.34. The first-order chi connectivity index (χ1) is 9.57. The smallest absolute Gasteiger partial charge is 0.0724 e. The Morgan fingerprint density at radius 1 is 0.750 bits per heavy atom. The largest absolute Gasteiger partial charge is 0.135 e. The van der Waals surface area contributed by atoms with E-state index >= 15 is 0 Å². The maximum atomic E-state index is 13.1. The molecule has 0 aromatic heterocycles. The van der Waals surface area contributed by atoms with Crippen LogP contribution in [-0.4, -0.2) is 5.06 Å². The predicted octanol–water partition coefficient (Wildman–Crippen LogP) is 4.26. The fourth-order valence-corrected chi connectivity index (χ4v) is 3.35. The fraction of sp³-hybridized carbons (Fsp3) is 0.333. The lowest BCUT2D eigenvalue weighted by Gasteiger charge is -2.37.